The molecular formula is C6H12N6O. The molecule has 7 heteroatoms. The Morgan fingerprint density at radius 2 is 1.62 bits per heavy atom. The first-order valence-electron chi connectivity index (χ1n) is 4.01. The van der Waals surface area contributed by atoms with Crippen LogP contribution in [0.1, 0.15) is 12.8 Å². The highest BCUT2D eigenvalue weighted by Gasteiger charge is 1.87. The van der Waals surface area contributed by atoms with Gasteiger partial charge in [0.2, 0.25) is 0 Å². The molecule has 0 spiro atoms. The Hall–Kier alpha value is -1.42. The van der Waals surface area contributed by atoms with Gasteiger partial charge < -0.3 is 4.74 Å². The van der Waals surface area contributed by atoms with Crippen molar-refractivity contribution in [3.8, 4) is 0 Å². The van der Waals surface area contributed by atoms with Gasteiger partial charge in [-0.25, -0.2) is 0 Å². The summed E-state index contributed by atoms with van der Waals surface area (Å²) in [5.74, 6) is 0. The van der Waals surface area contributed by atoms with E-state index in [2.05, 4.69) is 20.1 Å². The van der Waals surface area contributed by atoms with Crippen molar-refractivity contribution in [1.82, 2.24) is 0 Å². The molecule has 0 fully saturated rings. The fourth-order valence-corrected chi connectivity index (χ4v) is 0.684. The molecule has 13 heavy (non-hydrogen) atoms. The number of rotatable bonds is 8. The molecule has 0 rings (SSSR count). The third-order valence-corrected chi connectivity index (χ3v) is 1.26. The minimum Gasteiger partial charge on any atom is -0.381 e. The summed E-state index contributed by atoms with van der Waals surface area (Å²) in [6, 6.07) is 0. The number of ether oxygens (including phenoxy) is 1. The van der Waals surface area contributed by atoms with Crippen molar-refractivity contribution < 1.29 is 4.74 Å². The molecule has 0 radical (unpaired) electrons. The molecule has 0 aromatic heterocycles. The molecule has 0 aliphatic rings. The minimum absolute atomic E-state index is 0.368. The maximum Gasteiger partial charge on any atom is 0.0522 e. The molecule has 7 nitrogen and oxygen atoms in total. The fraction of sp³-hybridized carbons (Fsp3) is 1.00. The van der Waals surface area contributed by atoms with E-state index in [9.17, 15) is 0 Å². The second-order valence-corrected chi connectivity index (χ2v) is 2.23. The van der Waals surface area contributed by atoms with Gasteiger partial charge in [0.25, 0.3) is 0 Å². The predicted octanol–water partition coefficient (Wildman–Crippen LogP) is 2.40. The number of unbranched alkanes of at least 4 members (excludes halogenated alkanes) is 1. The van der Waals surface area contributed by atoms with Crippen molar-refractivity contribution in [2.45, 2.75) is 12.8 Å². The summed E-state index contributed by atoms with van der Waals surface area (Å²) in [4.78, 5) is 5.21. The van der Waals surface area contributed by atoms with Crippen LogP contribution < -0.4 is 0 Å². The van der Waals surface area contributed by atoms with Crippen LogP contribution in [0.2, 0.25) is 0 Å². The summed E-state index contributed by atoms with van der Waals surface area (Å²) in [6.45, 7) is 1.94. The second-order valence-electron chi connectivity index (χ2n) is 2.23. The minimum atomic E-state index is 0.368. The van der Waals surface area contributed by atoms with Gasteiger partial charge in [0, 0.05) is 29.5 Å². The van der Waals surface area contributed by atoms with Gasteiger partial charge in [0.1, 0.15) is 0 Å². The Morgan fingerprint density at radius 1 is 0.923 bits per heavy atom. The van der Waals surface area contributed by atoms with E-state index in [4.69, 9.17) is 15.8 Å². The maximum absolute atomic E-state index is 7.95. The zero-order valence-corrected chi connectivity index (χ0v) is 7.33. The van der Waals surface area contributed by atoms with Crippen LogP contribution in [0.15, 0.2) is 10.2 Å². The van der Waals surface area contributed by atoms with Crippen LogP contribution in [0.3, 0.4) is 0 Å². The molecule has 0 aliphatic carbocycles. The number of azide groups is 2. The van der Waals surface area contributed by atoms with E-state index >= 15 is 0 Å². The van der Waals surface area contributed by atoms with Crippen molar-refractivity contribution in [3.05, 3.63) is 20.9 Å². The third kappa shape index (κ3) is 10.6. The standard InChI is InChI=1S/C6H12N6O/c7-11-9-3-1-2-5-13-6-4-10-12-8/h1-6H2. The smallest absolute Gasteiger partial charge is 0.0522 e. The molecule has 0 amide bonds. The van der Waals surface area contributed by atoms with E-state index in [1.165, 1.54) is 0 Å². The van der Waals surface area contributed by atoms with E-state index in [1.54, 1.807) is 0 Å². The van der Waals surface area contributed by atoms with Crippen LogP contribution in [0.4, 0.5) is 0 Å². The molecular weight excluding hydrogens is 172 g/mol. The molecule has 0 atom stereocenters. The Labute approximate surface area is 75.9 Å². The topological polar surface area (TPSA) is 107 Å². The predicted molar refractivity (Wildman–Crippen MR) is 48.1 cm³/mol. The maximum atomic E-state index is 7.95. The molecule has 0 saturated heterocycles. The fourth-order valence-electron chi connectivity index (χ4n) is 0.684. The van der Waals surface area contributed by atoms with E-state index in [-0.39, 0.29) is 0 Å². The van der Waals surface area contributed by atoms with Crippen molar-refractivity contribution in [1.29, 1.82) is 0 Å². The average Bonchev–Trinajstić information content (AvgIpc) is 2.16. The Morgan fingerprint density at radius 3 is 2.31 bits per heavy atom. The quantitative estimate of drug-likeness (QED) is 0.245. The number of hydrogen-bond acceptors (Lipinski definition) is 3. The summed E-state index contributed by atoms with van der Waals surface area (Å²) >= 11 is 0. The largest absolute Gasteiger partial charge is 0.381 e. The average molecular weight is 184 g/mol. The van der Waals surface area contributed by atoms with Crippen molar-refractivity contribution in [3.63, 3.8) is 0 Å². The highest BCUT2D eigenvalue weighted by atomic mass is 16.5. The van der Waals surface area contributed by atoms with Crippen LogP contribution in [0, 0.1) is 0 Å². The van der Waals surface area contributed by atoms with Crippen molar-refractivity contribution in [2.75, 3.05) is 26.3 Å². The Kier molecular flexibility index (Phi) is 9.42. The molecule has 0 aromatic carbocycles. The molecule has 0 N–H and O–H groups in total. The van der Waals surface area contributed by atoms with Gasteiger partial charge in [-0.15, -0.1) is 0 Å². The normalized spacial score (nSPS) is 8.62. The first-order valence-corrected chi connectivity index (χ1v) is 4.01. The van der Waals surface area contributed by atoms with Gasteiger partial charge in [-0.2, -0.15) is 0 Å². The summed E-state index contributed by atoms with van der Waals surface area (Å²) in [6.07, 6.45) is 1.68. The van der Waals surface area contributed by atoms with Gasteiger partial charge in [-0.05, 0) is 23.9 Å². The summed E-state index contributed by atoms with van der Waals surface area (Å²) in [5, 5.41) is 6.69. The van der Waals surface area contributed by atoms with E-state index in [0.29, 0.717) is 26.3 Å². The molecule has 0 bridgehead atoms. The molecule has 0 aromatic rings. The molecule has 0 saturated carbocycles. The van der Waals surface area contributed by atoms with Crippen LogP contribution in [0.25, 0.3) is 20.9 Å². The highest BCUT2D eigenvalue weighted by molar-refractivity contribution is 4.48. The SMILES string of the molecule is [N-]=[N+]=NCCCCOCCN=[N+]=[N-]. The molecule has 0 heterocycles. The molecule has 0 unspecified atom stereocenters. The zero-order valence-electron chi connectivity index (χ0n) is 7.33. The number of hydrogen-bond donors (Lipinski definition) is 0. The molecule has 0 aliphatic heterocycles. The zero-order chi connectivity index (χ0) is 9.78. The van der Waals surface area contributed by atoms with Crippen LogP contribution in [-0.2, 0) is 4.74 Å². The first kappa shape index (κ1) is 11.6. The summed E-state index contributed by atoms with van der Waals surface area (Å²) < 4.78 is 5.12. The lowest BCUT2D eigenvalue weighted by Gasteiger charge is -1.99. The van der Waals surface area contributed by atoms with Gasteiger partial charge >= 0.3 is 0 Å². The van der Waals surface area contributed by atoms with Gasteiger partial charge in [-0.1, -0.05) is 10.2 Å². The Balaban J connectivity index is 2.99. The number of nitrogens with zero attached hydrogens (tertiary/aromatic N) is 6. The van der Waals surface area contributed by atoms with E-state index < -0.39 is 0 Å². The van der Waals surface area contributed by atoms with Crippen LogP contribution in [0.5, 0.6) is 0 Å². The van der Waals surface area contributed by atoms with E-state index in [1.807, 2.05) is 0 Å². The summed E-state index contributed by atoms with van der Waals surface area (Å²) in [7, 11) is 0. The van der Waals surface area contributed by atoms with Gasteiger partial charge in [-0.3, -0.25) is 0 Å². The summed E-state index contributed by atoms with van der Waals surface area (Å²) in [5.41, 5.74) is 15.9. The van der Waals surface area contributed by atoms with Crippen LogP contribution in [-0.4, -0.2) is 26.3 Å². The highest BCUT2D eigenvalue weighted by Crippen LogP contribution is 1.91. The lowest BCUT2D eigenvalue weighted by atomic mass is 10.3. The molecule has 72 valence electrons. The lowest BCUT2D eigenvalue weighted by molar-refractivity contribution is 0.138. The van der Waals surface area contributed by atoms with Crippen molar-refractivity contribution in [2.24, 2.45) is 10.2 Å². The van der Waals surface area contributed by atoms with Crippen LogP contribution >= 0.6 is 0 Å². The monoisotopic (exact) mass is 184 g/mol. The first-order chi connectivity index (χ1) is 6.41. The third-order valence-electron chi connectivity index (χ3n) is 1.26. The Bertz CT molecular complexity index is 183. The van der Waals surface area contributed by atoms with E-state index in [0.717, 1.165) is 12.8 Å². The van der Waals surface area contributed by atoms with Crippen molar-refractivity contribution >= 4 is 0 Å². The van der Waals surface area contributed by atoms with Gasteiger partial charge in [0.15, 0.2) is 0 Å². The van der Waals surface area contributed by atoms with Gasteiger partial charge in [0.05, 0.1) is 6.61 Å². The lowest BCUT2D eigenvalue weighted by Crippen LogP contribution is -1.99. The second kappa shape index (κ2) is 10.6.